The minimum atomic E-state index is -3.04. The van der Waals surface area contributed by atoms with Crippen molar-refractivity contribution in [2.45, 2.75) is 40.8 Å². The summed E-state index contributed by atoms with van der Waals surface area (Å²) in [6, 6.07) is 76.7. The Kier molecular flexibility index (Phi) is 10.7. The van der Waals surface area contributed by atoms with E-state index in [2.05, 4.69) is 140 Å². The number of pyridine rings is 1. The van der Waals surface area contributed by atoms with Crippen LogP contribution < -0.4 is 30.1 Å². The van der Waals surface area contributed by atoms with Gasteiger partial charge in [-0.05, 0) is 103 Å². The van der Waals surface area contributed by atoms with Crippen molar-refractivity contribution < 1.29 is 46.8 Å². The Morgan fingerprint density at radius 3 is 1.95 bits per heavy atom. The molecule has 0 fully saturated rings. The minimum absolute atomic E-state index is 0. The van der Waals surface area contributed by atoms with Crippen LogP contribution in [0.5, 0.6) is 11.5 Å². The van der Waals surface area contributed by atoms with Crippen LogP contribution in [0, 0.1) is 37.6 Å². The van der Waals surface area contributed by atoms with Crippen molar-refractivity contribution in [3.8, 4) is 50.9 Å². The maximum atomic E-state index is 9.98. The molecule has 10 aromatic carbocycles. The molecule has 3 heterocycles. The number of aryl methyl sites for hydroxylation is 1. The average molecular weight is 1240 g/mol. The van der Waals surface area contributed by atoms with Crippen LogP contribution in [0.4, 0.5) is 0 Å². The predicted octanol–water partition coefficient (Wildman–Crippen LogP) is 14.5. The first kappa shape index (κ1) is 39.6. The average Bonchev–Trinajstić information content (AvgIpc) is 0.946. The van der Waals surface area contributed by atoms with E-state index in [-0.39, 0.29) is 43.8 Å². The molecule has 0 radical (unpaired) electrons. The van der Waals surface area contributed by atoms with Gasteiger partial charge in [-0.1, -0.05) is 226 Å². The first-order chi connectivity index (χ1) is 43.5. The summed E-state index contributed by atoms with van der Waals surface area (Å²) in [6.45, 7) is -0.187. The van der Waals surface area contributed by atoms with Crippen LogP contribution in [-0.2, 0) is 27.4 Å². The summed E-state index contributed by atoms with van der Waals surface area (Å²) < 4.78 is 117. The Bertz CT molecular complexity index is 4870. The van der Waals surface area contributed by atoms with Crippen LogP contribution in [-0.4, -0.2) is 22.2 Å². The quantitative estimate of drug-likeness (QED) is 0.0529. The van der Waals surface area contributed by atoms with Crippen LogP contribution in [0.1, 0.15) is 53.9 Å². The molecule has 0 aliphatic rings. The number of rotatable bonds is 12. The summed E-state index contributed by atoms with van der Waals surface area (Å²) in [6.07, 6.45) is 2.99. The van der Waals surface area contributed by atoms with E-state index in [9.17, 15) is 2.74 Å². The van der Waals surface area contributed by atoms with Gasteiger partial charge in [-0.3, -0.25) is 4.57 Å². The van der Waals surface area contributed by atoms with E-state index in [0.29, 0.717) is 33.7 Å². The van der Waals surface area contributed by atoms with Crippen LogP contribution in [0.15, 0.2) is 249 Å². The van der Waals surface area contributed by atoms with E-state index in [0.717, 1.165) is 44.3 Å². The van der Waals surface area contributed by atoms with Crippen molar-refractivity contribution >= 4 is 61.7 Å². The monoisotopic (exact) mass is 1240 g/mol. The molecule has 0 unspecified atom stereocenters. The minimum Gasteiger partial charge on any atom is -0.510 e. The second-order valence-corrected chi connectivity index (χ2v) is 24.4. The molecule has 0 saturated carbocycles. The topological polar surface area (TPSA) is 35.9 Å². The van der Waals surface area contributed by atoms with Gasteiger partial charge in [-0.2, -0.15) is 18.2 Å². The third-order valence-electron chi connectivity index (χ3n) is 14.4. The van der Waals surface area contributed by atoms with Gasteiger partial charge < -0.3 is 13.9 Å². The van der Waals surface area contributed by atoms with Crippen molar-refractivity contribution in [2.24, 2.45) is 5.41 Å². The van der Waals surface area contributed by atoms with Crippen LogP contribution >= 0.6 is 0 Å². The number of ether oxygens (including phenoxy) is 1. The number of imidazole rings is 1. The smallest absolute Gasteiger partial charge is 0.268 e. The fraction of sp³-hybridized carbons (Fsp3) is 0.0959. The molecule has 0 atom stereocenters. The van der Waals surface area contributed by atoms with Crippen molar-refractivity contribution in [1.82, 2.24) is 14.1 Å². The zero-order chi connectivity index (χ0) is 63.9. The summed E-state index contributed by atoms with van der Waals surface area (Å²) in [5.41, 5.74) is 3.39. The molecule has 0 amide bonds. The SMILES string of the molecule is [2H]c1c([2H])c([2H])c(C([2H])([2H])[2H])c(-c2cnc(-n3c4[c-]c(Oc5[c-]c(-n6[c-][n+](-c7c(-c8cccc([Si](c9ccccc9)(c9ccccc9)c9ccccc9)c8)cccc7C([2H])([2H])C(C)(C)C)c7ccccc76)ccc5)ccc4c4ccccc43)cc2C([2H])([2H])[2H])c1[2H].[Pt]. The number of hydrogen-bond donors (Lipinski definition) is 0. The molecule has 3 aromatic heterocycles. The third-order valence-corrected chi connectivity index (χ3v) is 19.2. The van der Waals surface area contributed by atoms with E-state index in [1.54, 1.807) is 16.7 Å². The molecule has 0 N–H and O–H groups in total. The third kappa shape index (κ3) is 9.42. The van der Waals surface area contributed by atoms with Crippen LogP contribution in [0.3, 0.4) is 0 Å². The Morgan fingerprint density at radius 1 is 0.588 bits per heavy atom. The summed E-state index contributed by atoms with van der Waals surface area (Å²) >= 11 is 0. The van der Waals surface area contributed by atoms with Gasteiger partial charge >= 0.3 is 0 Å². The van der Waals surface area contributed by atoms with E-state index < -0.39 is 68.9 Å². The normalized spacial score (nSPS) is 14.4. The Labute approximate surface area is 501 Å². The molecule has 13 aromatic rings. The molecule has 0 bridgehead atoms. The molecule has 0 aliphatic heterocycles. The zero-order valence-corrected chi connectivity index (χ0v) is 47.1. The van der Waals surface area contributed by atoms with Crippen molar-refractivity contribution in [3.63, 3.8) is 0 Å². The van der Waals surface area contributed by atoms with E-state index in [1.807, 2.05) is 109 Å². The van der Waals surface area contributed by atoms with Gasteiger partial charge in [0.2, 0.25) is 0 Å². The second kappa shape index (κ2) is 21.5. The van der Waals surface area contributed by atoms with E-state index in [4.69, 9.17) is 23.4 Å². The van der Waals surface area contributed by atoms with Crippen molar-refractivity contribution in [1.29, 1.82) is 0 Å². The molecular formula is C73H58N4OPtSi-2. The molecule has 392 valence electrons. The fourth-order valence-electron chi connectivity index (χ4n) is 11.1. The first-order valence-electron chi connectivity index (χ1n) is 32.1. The van der Waals surface area contributed by atoms with Gasteiger partial charge in [-0.15, -0.1) is 29.7 Å². The van der Waals surface area contributed by atoms with Gasteiger partial charge in [0.05, 0.1) is 22.2 Å². The van der Waals surface area contributed by atoms with Crippen LogP contribution in [0.2, 0.25) is 0 Å². The molecule has 13 rings (SSSR count). The van der Waals surface area contributed by atoms with Crippen molar-refractivity contribution in [2.75, 3.05) is 0 Å². The van der Waals surface area contributed by atoms with Crippen molar-refractivity contribution in [3.05, 3.63) is 284 Å². The number of fused-ring (bicyclic) bond motifs is 4. The molecule has 0 spiro atoms. The molecule has 80 heavy (non-hydrogen) atoms. The summed E-state index contributed by atoms with van der Waals surface area (Å²) in [5, 5.41) is 6.37. The molecule has 0 saturated heterocycles. The zero-order valence-electron chi connectivity index (χ0n) is 55.9. The fourth-order valence-corrected chi connectivity index (χ4v) is 15.9. The molecule has 0 aliphatic carbocycles. The van der Waals surface area contributed by atoms with Gasteiger partial charge in [0, 0.05) is 60.8 Å². The maximum Gasteiger partial charge on any atom is 0.268 e. The number of aromatic nitrogens is 4. The second-order valence-electron chi connectivity index (χ2n) is 20.5. The number of hydrogen-bond acceptors (Lipinski definition) is 2. The number of nitrogens with zero attached hydrogens (tertiary/aromatic N) is 4. The van der Waals surface area contributed by atoms with Gasteiger partial charge in [-0.25, -0.2) is 4.98 Å². The van der Waals surface area contributed by atoms with E-state index >= 15 is 0 Å². The summed E-state index contributed by atoms with van der Waals surface area (Å²) in [4.78, 5) is 4.71. The number of benzene rings is 10. The number of para-hydroxylation sites is 4. The first-order valence-corrected chi connectivity index (χ1v) is 28.1. The predicted molar refractivity (Wildman–Crippen MR) is 327 cm³/mol. The summed E-state index contributed by atoms with van der Waals surface area (Å²) in [5.74, 6) is 0.723. The Hall–Kier alpha value is -8.67. The standard InChI is InChI=1S/C73H58N4OSi.Pt/c1-51-24-15-16-36-62(51)66-49-74-71(44-52(66)2)77-67-39-18-17-37-64(67)65-43-42-57(47-70(65)77)78-56-28-23-27-55(46-56)75-50-76(69-41-20-19-40-68(69)75)72-54(48-73(3,4)5)26-22-38-63(72)53-25-21-35-61(45-53)79(58-29-9-6-10-30-58,59-31-11-7-12-32-59)60-33-13-8-14-34-60;/h6-45,49H,48H2,1-5H3;/q-2;/i1D3,2D3,15D,16D,24D,36D,48D2;. The molecule has 7 heteroatoms. The Morgan fingerprint density at radius 2 is 1.23 bits per heavy atom. The van der Waals surface area contributed by atoms with E-state index in [1.165, 1.54) is 21.6 Å². The van der Waals surface area contributed by atoms with Crippen LogP contribution in [0.25, 0.3) is 72.3 Å². The molecular weight excluding hydrogens is 1170 g/mol. The maximum absolute atomic E-state index is 9.98. The van der Waals surface area contributed by atoms with Gasteiger partial charge in [0.1, 0.15) is 5.82 Å². The summed E-state index contributed by atoms with van der Waals surface area (Å²) in [7, 11) is -3.00. The molecule has 5 nitrogen and oxygen atoms in total. The largest absolute Gasteiger partial charge is 0.510 e. The van der Waals surface area contributed by atoms with Gasteiger partial charge in [0.15, 0.2) is 8.07 Å². The van der Waals surface area contributed by atoms with Gasteiger partial charge in [0.25, 0.3) is 6.33 Å². The Balaban J connectivity index is 0.00000816.